The van der Waals surface area contributed by atoms with Crippen molar-refractivity contribution < 1.29 is 42.1 Å². The highest BCUT2D eigenvalue weighted by atomic mass is 31.2. The quantitative estimate of drug-likeness (QED) is 0.0278. The van der Waals surface area contributed by atoms with Gasteiger partial charge >= 0.3 is 19.8 Å². The maximum atomic E-state index is 12.8. The third kappa shape index (κ3) is 48.5. The number of rotatable bonds is 50. The molecule has 0 saturated carbocycles. The molecule has 0 aromatic carbocycles. The molecule has 0 rings (SSSR count). The Bertz CT molecular complexity index is 1020. The van der Waals surface area contributed by atoms with Gasteiger partial charge in [-0.2, -0.15) is 0 Å². The highest BCUT2D eigenvalue weighted by Gasteiger charge is 2.27. The van der Waals surface area contributed by atoms with Crippen molar-refractivity contribution in [2.75, 3.05) is 47.5 Å². The Balaban J connectivity index is 4.16. The minimum atomic E-state index is -4.37. The zero-order valence-electron chi connectivity index (χ0n) is 41.9. The van der Waals surface area contributed by atoms with Crippen LogP contribution in [0.5, 0.6) is 0 Å². The van der Waals surface area contributed by atoms with Crippen LogP contribution in [0.2, 0.25) is 0 Å². The molecule has 0 aromatic rings. The van der Waals surface area contributed by atoms with E-state index in [1.807, 2.05) is 21.1 Å². The second-order valence-electron chi connectivity index (χ2n) is 19.6. The summed E-state index contributed by atoms with van der Waals surface area (Å²) in [6.07, 6.45) is 48.7. The fourth-order valence-electron chi connectivity index (χ4n) is 7.96. The molecular weight excluding hydrogens is 798 g/mol. The van der Waals surface area contributed by atoms with Crippen LogP contribution in [-0.2, 0) is 32.7 Å². The maximum absolute atomic E-state index is 12.8. The van der Waals surface area contributed by atoms with Gasteiger partial charge in [-0.3, -0.25) is 18.6 Å². The predicted octanol–water partition coefficient (Wildman–Crippen LogP) is 15.9. The van der Waals surface area contributed by atoms with Crippen molar-refractivity contribution in [1.29, 1.82) is 0 Å². The van der Waals surface area contributed by atoms with Crippen molar-refractivity contribution in [1.82, 2.24) is 0 Å². The topological polar surface area (TPSA) is 108 Å². The number of hydrogen-bond acceptors (Lipinski definition) is 7. The van der Waals surface area contributed by atoms with Gasteiger partial charge in [0.1, 0.15) is 19.8 Å². The Morgan fingerprint density at radius 1 is 0.435 bits per heavy atom. The fourth-order valence-corrected chi connectivity index (χ4v) is 8.70. The van der Waals surface area contributed by atoms with Crippen LogP contribution < -0.4 is 0 Å². The number of nitrogens with zero attached hydrogens (tertiary/aromatic N) is 1. The Labute approximate surface area is 384 Å². The lowest BCUT2D eigenvalue weighted by Gasteiger charge is -2.24. The third-order valence-corrected chi connectivity index (χ3v) is 13.1. The van der Waals surface area contributed by atoms with Gasteiger partial charge in [0, 0.05) is 12.8 Å². The minimum absolute atomic E-state index is 0.0372. The predicted molar refractivity (Wildman–Crippen MR) is 261 cm³/mol. The molecule has 1 unspecified atom stereocenters. The molecule has 2 atom stereocenters. The van der Waals surface area contributed by atoms with Crippen molar-refractivity contribution >= 4 is 19.8 Å². The van der Waals surface area contributed by atoms with Gasteiger partial charge in [-0.25, -0.2) is 4.57 Å². The molecule has 0 bridgehead atoms. The average Bonchev–Trinajstić information content (AvgIpc) is 3.23. The SMILES string of the molecule is CCCCCCCCCCCCCCCCCCCCCCCC(=O)OC[C@H](COP(=O)(O)OCC[N+](C)(C)C)OC(=O)CCCCCCCCCCCCCCCCCCC. The molecule has 0 saturated heterocycles. The van der Waals surface area contributed by atoms with Gasteiger partial charge < -0.3 is 18.9 Å². The minimum Gasteiger partial charge on any atom is -0.462 e. The summed E-state index contributed by atoms with van der Waals surface area (Å²) in [5, 5.41) is 0. The lowest BCUT2D eigenvalue weighted by Crippen LogP contribution is -2.37. The molecule has 0 fully saturated rings. The number of carbonyl (C=O) groups is 2. The van der Waals surface area contributed by atoms with E-state index in [-0.39, 0.29) is 25.6 Å². The van der Waals surface area contributed by atoms with Crippen LogP contribution in [0.3, 0.4) is 0 Å². The summed E-state index contributed by atoms with van der Waals surface area (Å²) in [6, 6.07) is 0. The van der Waals surface area contributed by atoms with Crippen LogP contribution in [0.4, 0.5) is 0 Å². The van der Waals surface area contributed by atoms with E-state index >= 15 is 0 Å². The number of phosphoric acid groups is 1. The summed E-state index contributed by atoms with van der Waals surface area (Å²) in [5.74, 6) is -0.776. The molecule has 1 N–H and O–H groups in total. The molecule has 0 aliphatic carbocycles. The first-order valence-corrected chi connectivity index (χ1v) is 28.3. The number of phosphoric ester groups is 1. The lowest BCUT2D eigenvalue weighted by molar-refractivity contribution is -0.870. The van der Waals surface area contributed by atoms with E-state index in [2.05, 4.69) is 13.8 Å². The third-order valence-electron chi connectivity index (χ3n) is 12.1. The molecule has 0 spiro atoms. The van der Waals surface area contributed by atoms with E-state index in [0.29, 0.717) is 17.4 Å². The summed E-state index contributed by atoms with van der Waals surface area (Å²) in [6.45, 7) is 4.49. The summed E-state index contributed by atoms with van der Waals surface area (Å²) < 4.78 is 34.5. The second-order valence-corrected chi connectivity index (χ2v) is 21.1. The maximum Gasteiger partial charge on any atom is 0.472 e. The van der Waals surface area contributed by atoms with Gasteiger partial charge in [0.2, 0.25) is 0 Å². The van der Waals surface area contributed by atoms with Gasteiger partial charge in [-0.15, -0.1) is 0 Å². The van der Waals surface area contributed by atoms with Gasteiger partial charge in [0.25, 0.3) is 0 Å². The van der Waals surface area contributed by atoms with E-state index in [1.165, 1.54) is 205 Å². The number of unbranched alkanes of at least 4 members (excludes halogenated alkanes) is 36. The highest BCUT2D eigenvalue weighted by molar-refractivity contribution is 7.47. The van der Waals surface area contributed by atoms with Crippen LogP contribution in [0.25, 0.3) is 0 Å². The molecule has 0 radical (unpaired) electrons. The van der Waals surface area contributed by atoms with E-state index in [9.17, 15) is 19.0 Å². The molecule has 62 heavy (non-hydrogen) atoms. The Morgan fingerprint density at radius 2 is 0.726 bits per heavy atom. The lowest BCUT2D eigenvalue weighted by atomic mass is 10.0. The molecule has 9 nitrogen and oxygen atoms in total. The normalized spacial score (nSPS) is 13.3. The van der Waals surface area contributed by atoms with Crippen molar-refractivity contribution in [3.8, 4) is 0 Å². The summed E-state index contributed by atoms with van der Waals surface area (Å²) >= 11 is 0. The number of likely N-dealkylation sites (N-methyl/N-ethyl adjacent to an activating group) is 1. The number of esters is 2. The largest absolute Gasteiger partial charge is 0.472 e. The summed E-state index contributed by atoms with van der Waals surface area (Å²) in [4.78, 5) is 35.6. The molecule has 0 aliphatic heterocycles. The Hall–Kier alpha value is -0.990. The molecule has 0 aliphatic rings. The van der Waals surface area contributed by atoms with Crippen molar-refractivity contribution in [3.63, 3.8) is 0 Å². The van der Waals surface area contributed by atoms with Crippen molar-refractivity contribution in [3.05, 3.63) is 0 Å². The Kier molecular flexibility index (Phi) is 44.5. The van der Waals surface area contributed by atoms with Gasteiger partial charge in [0.05, 0.1) is 27.7 Å². The summed E-state index contributed by atoms with van der Waals surface area (Å²) in [5.41, 5.74) is 0. The van der Waals surface area contributed by atoms with E-state index in [0.717, 1.165) is 38.5 Å². The smallest absolute Gasteiger partial charge is 0.462 e. The zero-order chi connectivity index (χ0) is 45.7. The van der Waals surface area contributed by atoms with E-state index in [1.54, 1.807) is 0 Å². The first-order chi connectivity index (χ1) is 30.0. The number of hydrogen-bond donors (Lipinski definition) is 1. The first kappa shape index (κ1) is 61.0. The zero-order valence-corrected chi connectivity index (χ0v) is 42.8. The monoisotopic (exact) mass is 903 g/mol. The molecule has 370 valence electrons. The van der Waals surface area contributed by atoms with Crippen molar-refractivity contribution in [2.45, 2.75) is 277 Å². The van der Waals surface area contributed by atoms with Gasteiger partial charge in [-0.1, -0.05) is 245 Å². The average molecular weight is 903 g/mol. The van der Waals surface area contributed by atoms with E-state index in [4.69, 9.17) is 18.5 Å². The molecule has 10 heteroatoms. The van der Waals surface area contributed by atoms with Crippen LogP contribution in [0.1, 0.15) is 271 Å². The number of quaternary nitrogens is 1. The molecule has 0 amide bonds. The van der Waals surface area contributed by atoms with Gasteiger partial charge in [0.15, 0.2) is 6.10 Å². The highest BCUT2D eigenvalue weighted by Crippen LogP contribution is 2.43. The van der Waals surface area contributed by atoms with Crippen LogP contribution in [0, 0.1) is 0 Å². The van der Waals surface area contributed by atoms with Crippen LogP contribution in [0.15, 0.2) is 0 Å². The molecular formula is C52H105NO8P+. The standard InChI is InChI=1S/C52H104NO8P/c1-6-8-10-12-14-16-18-20-22-24-25-26-27-29-30-32-34-36-38-40-42-44-51(54)58-48-50(49-60-62(56,57)59-47-46-53(3,4)5)61-52(55)45-43-41-39-37-35-33-31-28-23-21-19-17-15-13-11-9-7-2/h50H,6-49H2,1-5H3/p+1/t50-/m1/s1. The molecule has 0 aromatic heterocycles. The van der Waals surface area contributed by atoms with Crippen LogP contribution >= 0.6 is 7.82 Å². The number of carbonyl (C=O) groups excluding carboxylic acids is 2. The van der Waals surface area contributed by atoms with Gasteiger partial charge in [-0.05, 0) is 12.8 Å². The van der Waals surface area contributed by atoms with E-state index < -0.39 is 26.5 Å². The van der Waals surface area contributed by atoms with Crippen molar-refractivity contribution in [2.24, 2.45) is 0 Å². The summed E-state index contributed by atoms with van der Waals surface area (Å²) in [7, 11) is 1.50. The Morgan fingerprint density at radius 3 is 1.03 bits per heavy atom. The number of ether oxygens (including phenoxy) is 2. The fraction of sp³-hybridized carbons (Fsp3) is 0.962. The first-order valence-electron chi connectivity index (χ1n) is 26.8. The molecule has 0 heterocycles. The second kappa shape index (κ2) is 45.2. The van der Waals surface area contributed by atoms with Crippen LogP contribution in [-0.4, -0.2) is 74.9 Å².